The van der Waals surface area contributed by atoms with E-state index in [9.17, 15) is 4.79 Å². The highest BCUT2D eigenvalue weighted by atomic mass is 16.5. The maximum atomic E-state index is 12.0. The van der Waals surface area contributed by atoms with Crippen molar-refractivity contribution >= 4 is 22.5 Å². The van der Waals surface area contributed by atoms with Crippen LogP contribution in [-0.4, -0.2) is 17.1 Å². The lowest BCUT2D eigenvalue weighted by atomic mass is 10.2. The Bertz CT molecular complexity index is 856. The van der Waals surface area contributed by atoms with Gasteiger partial charge >= 0.3 is 0 Å². The topological polar surface area (TPSA) is 67.0 Å². The van der Waals surface area contributed by atoms with Gasteiger partial charge < -0.3 is 15.0 Å². The minimum absolute atomic E-state index is 0.252. The number of methoxy groups -OCH3 is 1. The highest BCUT2D eigenvalue weighted by molar-refractivity contribution is 5.78. The second-order valence-corrected chi connectivity index (χ2v) is 4.74. The summed E-state index contributed by atoms with van der Waals surface area (Å²) < 4.78 is 5.18. The van der Waals surface area contributed by atoms with E-state index in [2.05, 4.69) is 15.3 Å². The number of benzene rings is 2. The number of aromatic nitrogens is 2. The molecule has 0 unspecified atom stereocenters. The number of ether oxygens (including phenoxy) is 1. The van der Waals surface area contributed by atoms with Crippen LogP contribution < -0.4 is 15.6 Å². The van der Waals surface area contributed by atoms with Crippen LogP contribution in [0.4, 0.5) is 11.6 Å². The van der Waals surface area contributed by atoms with Crippen LogP contribution >= 0.6 is 0 Å². The lowest BCUT2D eigenvalue weighted by Gasteiger charge is -2.10. The van der Waals surface area contributed by atoms with E-state index in [1.54, 1.807) is 13.2 Å². The number of anilines is 2. The monoisotopic (exact) mass is 281 g/mol. The number of hydrogen-bond acceptors (Lipinski definition) is 4. The Labute approximate surface area is 121 Å². The summed E-state index contributed by atoms with van der Waals surface area (Å²) in [6.07, 6.45) is 0. The molecule has 0 fully saturated rings. The second-order valence-electron chi connectivity index (χ2n) is 4.74. The standard InChI is InChI=1S/C16H15N3O2/c1-10-9-11(21-2)7-8-13(10)17-16-18-14-6-4-3-5-12(14)15(20)19-16/h3-9H,1-2H3,(H2,17,18,19,20). The van der Waals surface area contributed by atoms with E-state index < -0.39 is 0 Å². The van der Waals surface area contributed by atoms with E-state index >= 15 is 0 Å². The van der Waals surface area contributed by atoms with Crippen molar-refractivity contribution < 1.29 is 4.74 Å². The first-order chi connectivity index (χ1) is 10.2. The summed E-state index contributed by atoms with van der Waals surface area (Å²) in [6.45, 7) is 1.96. The molecule has 0 amide bonds. The molecule has 3 rings (SSSR count). The lowest BCUT2D eigenvalue weighted by molar-refractivity contribution is 0.414. The molecule has 0 aliphatic carbocycles. The normalized spacial score (nSPS) is 10.6. The van der Waals surface area contributed by atoms with Crippen molar-refractivity contribution in [3.63, 3.8) is 0 Å². The van der Waals surface area contributed by atoms with Crippen LogP contribution in [0.5, 0.6) is 5.75 Å². The Hall–Kier alpha value is -2.82. The third-order valence-corrected chi connectivity index (χ3v) is 3.31. The van der Waals surface area contributed by atoms with Gasteiger partial charge in [-0.1, -0.05) is 12.1 Å². The minimum Gasteiger partial charge on any atom is -0.497 e. The number of aromatic amines is 1. The Morgan fingerprint density at radius 1 is 1.19 bits per heavy atom. The number of para-hydroxylation sites is 1. The molecule has 1 aromatic heterocycles. The highest BCUT2D eigenvalue weighted by Crippen LogP contribution is 2.23. The lowest BCUT2D eigenvalue weighted by Crippen LogP contribution is -2.11. The van der Waals surface area contributed by atoms with Gasteiger partial charge in [0.1, 0.15) is 5.75 Å². The smallest absolute Gasteiger partial charge is 0.282 e. The third-order valence-electron chi connectivity index (χ3n) is 3.31. The zero-order valence-electron chi connectivity index (χ0n) is 11.8. The first-order valence-electron chi connectivity index (χ1n) is 6.58. The molecule has 2 N–H and O–H groups in total. The van der Waals surface area contributed by atoms with E-state index in [0.29, 0.717) is 11.3 Å². The molecule has 0 aliphatic heterocycles. The maximum Gasteiger partial charge on any atom is 0.282 e. The molecule has 0 bridgehead atoms. The van der Waals surface area contributed by atoms with E-state index in [1.807, 2.05) is 43.3 Å². The third kappa shape index (κ3) is 2.58. The minimum atomic E-state index is -0.252. The number of rotatable bonds is 3. The number of nitrogens with one attached hydrogen (secondary N) is 2. The van der Waals surface area contributed by atoms with Crippen molar-refractivity contribution in [2.75, 3.05) is 12.4 Å². The highest BCUT2D eigenvalue weighted by Gasteiger charge is 2.05. The Kier molecular flexibility index (Phi) is 3.31. The van der Waals surface area contributed by atoms with Crippen molar-refractivity contribution in [3.05, 3.63) is 58.4 Å². The first-order valence-corrected chi connectivity index (χ1v) is 6.58. The summed E-state index contributed by atoms with van der Waals surface area (Å²) in [5.74, 6) is 1.21. The molecular formula is C16H15N3O2. The number of fused-ring (bicyclic) bond motifs is 1. The maximum absolute atomic E-state index is 12.0. The number of hydrogen-bond donors (Lipinski definition) is 2. The number of aryl methyl sites for hydroxylation is 1. The van der Waals surface area contributed by atoms with E-state index in [4.69, 9.17) is 4.74 Å². The van der Waals surface area contributed by atoms with Gasteiger partial charge in [-0.05, 0) is 42.8 Å². The molecule has 2 aromatic carbocycles. The summed E-state index contributed by atoms with van der Waals surface area (Å²) >= 11 is 0. The van der Waals surface area contributed by atoms with Gasteiger partial charge in [0.2, 0.25) is 5.95 Å². The van der Waals surface area contributed by atoms with Gasteiger partial charge in [0, 0.05) is 5.69 Å². The van der Waals surface area contributed by atoms with Gasteiger partial charge in [-0.25, -0.2) is 0 Å². The zero-order chi connectivity index (χ0) is 14.8. The van der Waals surface area contributed by atoms with E-state index in [1.165, 1.54) is 0 Å². The molecule has 0 radical (unpaired) electrons. The molecule has 21 heavy (non-hydrogen) atoms. The number of nitrogens with zero attached hydrogens (tertiary/aromatic N) is 1. The largest absolute Gasteiger partial charge is 0.497 e. The SMILES string of the molecule is COc1ccc(Nc2nc(=O)c3ccccc3[nH]2)c(C)c1. The van der Waals surface area contributed by atoms with Gasteiger partial charge in [-0.2, -0.15) is 4.98 Å². The van der Waals surface area contributed by atoms with Crippen molar-refractivity contribution in [1.82, 2.24) is 9.97 Å². The van der Waals surface area contributed by atoms with Gasteiger partial charge in [0.05, 0.1) is 18.0 Å². The van der Waals surface area contributed by atoms with Crippen LogP contribution in [0.15, 0.2) is 47.3 Å². The molecule has 0 atom stereocenters. The van der Waals surface area contributed by atoms with Gasteiger partial charge in [-0.3, -0.25) is 4.79 Å². The fourth-order valence-electron chi connectivity index (χ4n) is 2.19. The quantitative estimate of drug-likeness (QED) is 0.774. The Morgan fingerprint density at radius 2 is 2.00 bits per heavy atom. The molecule has 0 saturated heterocycles. The van der Waals surface area contributed by atoms with Crippen LogP contribution in [0.1, 0.15) is 5.56 Å². The predicted octanol–water partition coefficient (Wildman–Crippen LogP) is 2.98. The van der Waals surface area contributed by atoms with Gasteiger partial charge in [0.15, 0.2) is 0 Å². The van der Waals surface area contributed by atoms with Gasteiger partial charge in [0.25, 0.3) is 5.56 Å². The summed E-state index contributed by atoms with van der Waals surface area (Å²) in [6, 6.07) is 13.0. The van der Waals surface area contributed by atoms with Crippen LogP contribution in [0.2, 0.25) is 0 Å². The van der Waals surface area contributed by atoms with Crippen LogP contribution in [0, 0.1) is 6.92 Å². The molecule has 0 spiro atoms. The molecule has 1 heterocycles. The van der Waals surface area contributed by atoms with Crippen molar-refractivity contribution in [1.29, 1.82) is 0 Å². The van der Waals surface area contributed by atoms with Crippen molar-refractivity contribution in [2.45, 2.75) is 6.92 Å². The number of H-pyrrole nitrogens is 1. The molecule has 106 valence electrons. The van der Waals surface area contributed by atoms with E-state index in [0.717, 1.165) is 22.5 Å². The van der Waals surface area contributed by atoms with Gasteiger partial charge in [-0.15, -0.1) is 0 Å². The average molecular weight is 281 g/mol. The molecule has 0 aliphatic rings. The summed E-state index contributed by atoms with van der Waals surface area (Å²) in [5.41, 5.74) is 2.38. The Balaban J connectivity index is 2.00. The average Bonchev–Trinajstić information content (AvgIpc) is 2.49. The Morgan fingerprint density at radius 3 is 2.76 bits per heavy atom. The predicted molar refractivity (Wildman–Crippen MR) is 83.4 cm³/mol. The summed E-state index contributed by atoms with van der Waals surface area (Å²) in [7, 11) is 1.63. The second kappa shape index (κ2) is 5.28. The summed E-state index contributed by atoms with van der Waals surface area (Å²) in [5, 5.41) is 3.71. The molecule has 5 nitrogen and oxygen atoms in total. The first kappa shape index (κ1) is 13.2. The van der Waals surface area contributed by atoms with Crippen LogP contribution in [0.3, 0.4) is 0 Å². The van der Waals surface area contributed by atoms with Crippen LogP contribution in [0.25, 0.3) is 10.9 Å². The fraction of sp³-hybridized carbons (Fsp3) is 0.125. The zero-order valence-corrected chi connectivity index (χ0v) is 11.8. The fourth-order valence-corrected chi connectivity index (χ4v) is 2.19. The van der Waals surface area contributed by atoms with Crippen molar-refractivity contribution in [3.8, 4) is 5.75 Å². The molecular weight excluding hydrogens is 266 g/mol. The summed E-state index contributed by atoms with van der Waals surface area (Å²) in [4.78, 5) is 19.1. The van der Waals surface area contributed by atoms with Crippen LogP contribution in [-0.2, 0) is 0 Å². The van der Waals surface area contributed by atoms with Crippen molar-refractivity contribution in [2.24, 2.45) is 0 Å². The molecule has 0 saturated carbocycles. The molecule has 3 aromatic rings. The molecule has 5 heteroatoms. The van der Waals surface area contributed by atoms with E-state index in [-0.39, 0.29) is 5.56 Å².